The summed E-state index contributed by atoms with van der Waals surface area (Å²) in [6, 6.07) is 0. The molecule has 1 saturated carbocycles. The number of carbonyl (C=O) groups excluding carboxylic acids is 1. The lowest BCUT2D eigenvalue weighted by Gasteiger charge is -2.05. The van der Waals surface area contributed by atoms with Gasteiger partial charge in [-0.05, 0) is 25.7 Å². The Morgan fingerprint density at radius 1 is 1.48 bits per heavy atom. The fourth-order valence-corrected chi connectivity index (χ4v) is 2.34. The van der Waals surface area contributed by atoms with Crippen LogP contribution in [0.15, 0.2) is 18.7 Å². The lowest BCUT2D eigenvalue weighted by Crippen LogP contribution is -2.25. The molecule has 4 N–H and O–H groups in total. The second-order valence-corrected chi connectivity index (χ2v) is 5.44. The molecule has 2 aromatic heterocycles. The number of amides is 1. The van der Waals surface area contributed by atoms with Crippen LogP contribution >= 0.6 is 0 Å². The van der Waals surface area contributed by atoms with E-state index < -0.39 is 0 Å². The fourth-order valence-electron chi connectivity index (χ4n) is 2.34. The van der Waals surface area contributed by atoms with Crippen molar-refractivity contribution in [3.8, 4) is 0 Å². The summed E-state index contributed by atoms with van der Waals surface area (Å²) in [6.45, 7) is 1.53. The number of imidazole rings is 1. The first-order valence-electron chi connectivity index (χ1n) is 7.33. The average Bonchev–Trinajstić information content (AvgIpc) is 3.04. The first-order valence-corrected chi connectivity index (χ1v) is 7.33. The van der Waals surface area contributed by atoms with Gasteiger partial charge in [0.05, 0.1) is 17.7 Å². The molecular weight excluding hydrogens is 268 g/mol. The predicted molar refractivity (Wildman–Crippen MR) is 78.8 cm³/mol. The van der Waals surface area contributed by atoms with E-state index in [1.54, 1.807) is 12.5 Å². The molecule has 1 fully saturated rings. The van der Waals surface area contributed by atoms with E-state index in [1.165, 1.54) is 0 Å². The number of hydrogen-bond acceptors (Lipinski definition) is 4. The first-order chi connectivity index (χ1) is 10.3. The van der Waals surface area contributed by atoms with E-state index in [4.69, 9.17) is 5.73 Å². The molecule has 112 valence electrons. The van der Waals surface area contributed by atoms with Crippen molar-refractivity contribution in [1.29, 1.82) is 0 Å². The number of unbranched alkanes of at least 4 members (excludes halogenated alkanes) is 1. The van der Waals surface area contributed by atoms with Crippen LogP contribution in [0.5, 0.6) is 0 Å². The van der Waals surface area contributed by atoms with Crippen molar-refractivity contribution < 1.29 is 4.79 Å². The van der Waals surface area contributed by atoms with Gasteiger partial charge in [-0.1, -0.05) is 0 Å². The fraction of sp³-hybridized carbons (Fsp3) is 0.500. The zero-order valence-corrected chi connectivity index (χ0v) is 11.9. The number of hydrogen-bond donors (Lipinski definition) is 3. The Labute approximate surface area is 122 Å². The Morgan fingerprint density at radius 2 is 2.33 bits per heavy atom. The number of nitrogens with one attached hydrogen (secondary N) is 2. The number of aryl methyl sites for hydroxylation is 1. The van der Waals surface area contributed by atoms with E-state index in [0.29, 0.717) is 23.8 Å². The monoisotopic (exact) mass is 288 g/mol. The second-order valence-electron chi connectivity index (χ2n) is 5.44. The van der Waals surface area contributed by atoms with Gasteiger partial charge in [0.15, 0.2) is 5.69 Å². The van der Waals surface area contributed by atoms with Crippen LogP contribution in [0.1, 0.15) is 47.8 Å². The summed E-state index contributed by atoms with van der Waals surface area (Å²) in [5, 5.41) is 9.80. The van der Waals surface area contributed by atoms with E-state index in [0.717, 1.165) is 37.9 Å². The lowest BCUT2D eigenvalue weighted by molar-refractivity contribution is 0.0948. The molecule has 7 heteroatoms. The van der Waals surface area contributed by atoms with E-state index in [-0.39, 0.29) is 5.91 Å². The summed E-state index contributed by atoms with van der Waals surface area (Å²) >= 11 is 0. The van der Waals surface area contributed by atoms with E-state index in [1.807, 2.05) is 10.8 Å². The number of aromatic nitrogens is 4. The normalized spacial score (nSPS) is 14.3. The Balaban J connectivity index is 1.41. The number of nitrogen functional groups attached to an aromatic ring is 1. The molecule has 1 aliphatic rings. The third-order valence-corrected chi connectivity index (χ3v) is 3.72. The van der Waals surface area contributed by atoms with Crippen molar-refractivity contribution in [1.82, 2.24) is 25.1 Å². The highest BCUT2D eigenvalue weighted by Gasteiger charge is 2.30. The third-order valence-electron chi connectivity index (χ3n) is 3.72. The van der Waals surface area contributed by atoms with Crippen molar-refractivity contribution in [2.45, 2.75) is 38.1 Å². The number of nitrogens with two attached hydrogens (primary N) is 1. The molecule has 1 amide bonds. The van der Waals surface area contributed by atoms with Gasteiger partial charge >= 0.3 is 0 Å². The summed E-state index contributed by atoms with van der Waals surface area (Å²) in [5.41, 5.74) is 7.73. The maximum Gasteiger partial charge on any atom is 0.273 e. The molecule has 7 nitrogen and oxygen atoms in total. The Kier molecular flexibility index (Phi) is 3.89. The van der Waals surface area contributed by atoms with Gasteiger partial charge in [-0.25, -0.2) is 4.98 Å². The van der Waals surface area contributed by atoms with Gasteiger partial charge < -0.3 is 15.6 Å². The number of aromatic amines is 1. The van der Waals surface area contributed by atoms with E-state index in [2.05, 4.69) is 20.5 Å². The van der Waals surface area contributed by atoms with Gasteiger partial charge in [0, 0.05) is 31.4 Å². The molecule has 0 spiro atoms. The highest BCUT2D eigenvalue weighted by molar-refractivity contribution is 5.97. The summed E-state index contributed by atoms with van der Waals surface area (Å²) in [4.78, 5) is 16.0. The highest BCUT2D eigenvalue weighted by atomic mass is 16.1. The molecule has 0 unspecified atom stereocenters. The van der Waals surface area contributed by atoms with Crippen molar-refractivity contribution in [2.24, 2.45) is 0 Å². The minimum atomic E-state index is -0.196. The van der Waals surface area contributed by atoms with Crippen LogP contribution in [-0.2, 0) is 6.54 Å². The van der Waals surface area contributed by atoms with Crippen molar-refractivity contribution in [3.05, 3.63) is 30.1 Å². The number of rotatable bonds is 7. The molecule has 0 aliphatic heterocycles. The largest absolute Gasteiger partial charge is 0.395 e. The second kappa shape index (κ2) is 5.99. The van der Waals surface area contributed by atoms with Crippen LogP contribution in [-0.4, -0.2) is 32.2 Å². The topological polar surface area (TPSA) is 102 Å². The van der Waals surface area contributed by atoms with Crippen LogP contribution in [0, 0.1) is 0 Å². The molecule has 0 atom stereocenters. The van der Waals surface area contributed by atoms with E-state index >= 15 is 0 Å². The molecule has 3 rings (SSSR count). The highest BCUT2D eigenvalue weighted by Crippen LogP contribution is 2.42. The van der Waals surface area contributed by atoms with Gasteiger partial charge in [0.25, 0.3) is 5.91 Å². The Bertz CT molecular complexity index is 599. The van der Waals surface area contributed by atoms with Gasteiger partial charge in [0.2, 0.25) is 0 Å². The van der Waals surface area contributed by atoms with Crippen molar-refractivity contribution in [3.63, 3.8) is 0 Å². The van der Waals surface area contributed by atoms with Gasteiger partial charge in [0.1, 0.15) is 0 Å². The van der Waals surface area contributed by atoms with Crippen LogP contribution in [0.4, 0.5) is 5.69 Å². The smallest absolute Gasteiger partial charge is 0.273 e. The van der Waals surface area contributed by atoms with Crippen LogP contribution in [0.3, 0.4) is 0 Å². The zero-order valence-electron chi connectivity index (χ0n) is 11.9. The number of H-pyrrole nitrogens is 1. The summed E-state index contributed by atoms with van der Waals surface area (Å²) in [5.74, 6) is 0.271. The number of anilines is 1. The third kappa shape index (κ3) is 3.24. The van der Waals surface area contributed by atoms with Crippen LogP contribution in [0.25, 0.3) is 0 Å². The van der Waals surface area contributed by atoms with Gasteiger partial charge in [-0.3, -0.25) is 9.89 Å². The number of nitrogens with zero attached hydrogens (tertiary/aromatic N) is 3. The lowest BCUT2D eigenvalue weighted by atomic mass is 10.2. The molecule has 0 radical (unpaired) electrons. The van der Waals surface area contributed by atoms with Gasteiger partial charge in [-0.2, -0.15) is 5.10 Å². The maximum absolute atomic E-state index is 12.0. The molecule has 1 aliphatic carbocycles. The van der Waals surface area contributed by atoms with Crippen LogP contribution in [0.2, 0.25) is 0 Å². The number of carbonyl (C=O) groups is 1. The summed E-state index contributed by atoms with van der Waals surface area (Å²) in [7, 11) is 0. The quantitative estimate of drug-likeness (QED) is 0.668. The minimum absolute atomic E-state index is 0.196. The maximum atomic E-state index is 12.0. The SMILES string of the molecule is Nc1c(C(=O)NCCCCn2ccnc2)n[nH]c1C1CC1. The molecule has 0 saturated heterocycles. The van der Waals surface area contributed by atoms with Gasteiger partial charge in [-0.15, -0.1) is 0 Å². The standard InChI is InChI=1S/C14H20N6O/c15-11-12(10-3-4-10)18-19-13(11)14(21)17-5-1-2-7-20-8-6-16-9-20/h6,8-10H,1-5,7,15H2,(H,17,21)(H,18,19). The summed E-state index contributed by atoms with van der Waals surface area (Å²) in [6.07, 6.45) is 9.64. The Hall–Kier alpha value is -2.31. The van der Waals surface area contributed by atoms with Crippen molar-refractivity contribution >= 4 is 11.6 Å². The van der Waals surface area contributed by atoms with Crippen LogP contribution < -0.4 is 11.1 Å². The molecule has 0 aromatic carbocycles. The summed E-state index contributed by atoms with van der Waals surface area (Å²) < 4.78 is 2.02. The Morgan fingerprint density at radius 3 is 3.05 bits per heavy atom. The van der Waals surface area contributed by atoms with Crippen molar-refractivity contribution in [2.75, 3.05) is 12.3 Å². The molecule has 0 bridgehead atoms. The zero-order chi connectivity index (χ0) is 14.7. The average molecular weight is 288 g/mol. The molecule has 21 heavy (non-hydrogen) atoms. The minimum Gasteiger partial charge on any atom is -0.395 e. The molecular formula is C14H20N6O. The molecule has 2 aromatic rings. The van der Waals surface area contributed by atoms with E-state index in [9.17, 15) is 4.79 Å². The first kappa shape index (κ1) is 13.7. The predicted octanol–water partition coefficient (Wildman–Crippen LogP) is 1.28. The molecule has 2 heterocycles.